The summed E-state index contributed by atoms with van der Waals surface area (Å²) in [6.45, 7) is 2.16. The maximum atomic E-state index is 11.8. The number of ketones is 1. The van der Waals surface area contributed by atoms with Gasteiger partial charge in [-0.05, 0) is 44.3 Å². The molecule has 0 unspecified atom stereocenters. The van der Waals surface area contributed by atoms with Gasteiger partial charge in [-0.25, -0.2) is 0 Å². The first-order valence-corrected chi connectivity index (χ1v) is 7.08. The van der Waals surface area contributed by atoms with Crippen LogP contribution in [0.2, 0.25) is 0 Å². The molecule has 0 atom stereocenters. The highest BCUT2D eigenvalue weighted by atomic mass is 79.9. The van der Waals surface area contributed by atoms with Crippen molar-refractivity contribution in [1.82, 2.24) is 4.98 Å². The lowest BCUT2D eigenvalue weighted by molar-refractivity contribution is 0.0973. The second-order valence-electron chi connectivity index (χ2n) is 3.72. The van der Waals surface area contributed by atoms with Crippen molar-refractivity contribution in [2.45, 2.75) is 39.0 Å². The van der Waals surface area contributed by atoms with Gasteiger partial charge in [-0.2, -0.15) is 0 Å². The van der Waals surface area contributed by atoms with Gasteiger partial charge in [0, 0.05) is 21.6 Å². The predicted molar refractivity (Wildman–Crippen MR) is 72.7 cm³/mol. The van der Waals surface area contributed by atoms with Crippen LogP contribution in [0.25, 0.3) is 0 Å². The Morgan fingerprint density at radius 2 is 2.06 bits per heavy atom. The molecule has 0 saturated heterocycles. The summed E-state index contributed by atoms with van der Waals surface area (Å²) in [4.78, 5) is 16.0. The van der Waals surface area contributed by atoms with Gasteiger partial charge in [0.25, 0.3) is 0 Å². The van der Waals surface area contributed by atoms with Crippen LogP contribution < -0.4 is 0 Å². The van der Waals surface area contributed by atoms with Gasteiger partial charge in [-0.15, -0.1) is 0 Å². The molecule has 88 valence electrons. The Kier molecular flexibility index (Phi) is 6.21. The summed E-state index contributed by atoms with van der Waals surface area (Å²) < 4.78 is 1.64. The van der Waals surface area contributed by atoms with Crippen molar-refractivity contribution in [2.75, 3.05) is 0 Å². The molecule has 0 bridgehead atoms. The number of halogens is 2. The van der Waals surface area contributed by atoms with E-state index >= 15 is 0 Å². The third-order valence-corrected chi connectivity index (χ3v) is 3.37. The molecule has 1 heterocycles. The zero-order valence-electron chi connectivity index (χ0n) is 9.30. The molecule has 0 aliphatic carbocycles. The molecular formula is C12H15Br2NO. The minimum Gasteiger partial charge on any atom is -0.292 e. The number of unbranched alkanes of at least 4 members (excludes halogenated alkanes) is 3. The Balaban J connectivity index is 2.53. The average molecular weight is 349 g/mol. The van der Waals surface area contributed by atoms with Gasteiger partial charge in [0.1, 0.15) is 5.69 Å². The molecular weight excluding hydrogens is 334 g/mol. The van der Waals surface area contributed by atoms with E-state index in [-0.39, 0.29) is 5.78 Å². The van der Waals surface area contributed by atoms with Crippen LogP contribution in [0.5, 0.6) is 0 Å². The molecule has 0 aromatic carbocycles. The lowest BCUT2D eigenvalue weighted by Gasteiger charge is -2.03. The monoisotopic (exact) mass is 347 g/mol. The summed E-state index contributed by atoms with van der Waals surface area (Å²) >= 11 is 6.67. The van der Waals surface area contributed by atoms with Crippen molar-refractivity contribution in [1.29, 1.82) is 0 Å². The summed E-state index contributed by atoms with van der Waals surface area (Å²) in [5, 5.41) is 0. The largest absolute Gasteiger partial charge is 0.292 e. The molecule has 0 aliphatic heterocycles. The van der Waals surface area contributed by atoms with E-state index in [1.165, 1.54) is 12.8 Å². The van der Waals surface area contributed by atoms with Crippen molar-refractivity contribution in [3.05, 3.63) is 26.9 Å². The molecule has 1 aromatic heterocycles. The Morgan fingerprint density at radius 1 is 1.31 bits per heavy atom. The molecule has 0 amide bonds. The van der Waals surface area contributed by atoms with Crippen LogP contribution >= 0.6 is 31.9 Å². The summed E-state index contributed by atoms with van der Waals surface area (Å²) in [5.74, 6) is 0.121. The van der Waals surface area contributed by atoms with E-state index in [1.54, 1.807) is 6.20 Å². The SMILES string of the molecule is CCCCCCC(=O)c1ncc(Br)cc1Br. The van der Waals surface area contributed by atoms with Crippen molar-refractivity contribution in [3.63, 3.8) is 0 Å². The zero-order chi connectivity index (χ0) is 12.0. The lowest BCUT2D eigenvalue weighted by Crippen LogP contribution is -2.03. The van der Waals surface area contributed by atoms with Crippen LogP contribution in [-0.2, 0) is 0 Å². The molecule has 4 heteroatoms. The quantitative estimate of drug-likeness (QED) is 0.548. The van der Waals surface area contributed by atoms with E-state index in [0.29, 0.717) is 12.1 Å². The van der Waals surface area contributed by atoms with E-state index in [9.17, 15) is 4.79 Å². The Labute approximate surface area is 113 Å². The number of hydrogen-bond acceptors (Lipinski definition) is 2. The van der Waals surface area contributed by atoms with Crippen LogP contribution in [0.15, 0.2) is 21.2 Å². The molecule has 1 rings (SSSR count). The van der Waals surface area contributed by atoms with Crippen LogP contribution in [0.1, 0.15) is 49.5 Å². The topological polar surface area (TPSA) is 30.0 Å². The molecule has 0 N–H and O–H groups in total. The summed E-state index contributed by atoms with van der Waals surface area (Å²) in [6.07, 6.45) is 6.71. The fraction of sp³-hybridized carbons (Fsp3) is 0.500. The molecule has 0 spiro atoms. The molecule has 0 fully saturated rings. The van der Waals surface area contributed by atoms with Crippen LogP contribution in [-0.4, -0.2) is 10.8 Å². The number of aromatic nitrogens is 1. The zero-order valence-corrected chi connectivity index (χ0v) is 12.5. The first kappa shape index (κ1) is 13.8. The Morgan fingerprint density at radius 3 is 2.69 bits per heavy atom. The molecule has 1 aromatic rings. The van der Waals surface area contributed by atoms with Crippen molar-refractivity contribution >= 4 is 37.6 Å². The Bertz CT molecular complexity index is 366. The third-order valence-electron chi connectivity index (χ3n) is 2.33. The maximum Gasteiger partial charge on any atom is 0.182 e. The normalized spacial score (nSPS) is 10.4. The molecule has 2 nitrogen and oxygen atoms in total. The van der Waals surface area contributed by atoms with Crippen molar-refractivity contribution in [2.24, 2.45) is 0 Å². The highest BCUT2D eigenvalue weighted by Gasteiger charge is 2.11. The molecule has 0 saturated carbocycles. The molecule has 16 heavy (non-hydrogen) atoms. The number of carbonyl (C=O) groups excluding carboxylic acids is 1. The number of nitrogens with zero attached hydrogens (tertiary/aromatic N) is 1. The number of carbonyl (C=O) groups is 1. The van der Waals surface area contributed by atoms with Crippen molar-refractivity contribution < 1.29 is 4.79 Å². The van der Waals surface area contributed by atoms with Gasteiger partial charge in [0.15, 0.2) is 5.78 Å². The minimum atomic E-state index is 0.121. The van der Waals surface area contributed by atoms with Crippen LogP contribution in [0.3, 0.4) is 0 Å². The van der Waals surface area contributed by atoms with E-state index in [0.717, 1.165) is 21.8 Å². The van der Waals surface area contributed by atoms with Gasteiger partial charge in [-0.3, -0.25) is 9.78 Å². The Hall–Kier alpha value is -0.220. The third kappa shape index (κ3) is 4.34. The predicted octanol–water partition coefficient (Wildman–Crippen LogP) is 4.76. The lowest BCUT2D eigenvalue weighted by atomic mass is 10.1. The van der Waals surface area contributed by atoms with E-state index in [2.05, 4.69) is 43.8 Å². The standard InChI is InChI=1S/C12H15Br2NO/c1-2-3-4-5-6-11(16)12-10(14)7-9(13)8-15-12/h7-8H,2-6H2,1H3. The highest BCUT2D eigenvalue weighted by Crippen LogP contribution is 2.21. The van der Waals surface area contributed by atoms with E-state index in [1.807, 2.05) is 6.07 Å². The maximum absolute atomic E-state index is 11.8. The first-order chi connectivity index (χ1) is 7.65. The van der Waals surface area contributed by atoms with Gasteiger partial charge >= 0.3 is 0 Å². The van der Waals surface area contributed by atoms with E-state index < -0.39 is 0 Å². The second kappa shape index (κ2) is 7.17. The number of hydrogen-bond donors (Lipinski definition) is 0. The fourth-order valence-electron chi connectivity index (χ4n) is 1.45. The molecule has 0 aliphatic rings. The van der Waals surface area contributed by atoms with Crippen LogP contribution in [0, 0.1) is 0 Å². The number of rotatable bonds is 6. The highest BCUT2D eigenvalue weighted by molar-refractivity contribution is 9.11. The van der Waals surface area contributed by atoms with E-state index in [4.69, 9.17) is 0 Å². The van der Waals surface area contributed by atoms with Gasteiger partial charge in [-0.1, -0.05) is 26.2 Å². The first-order valence-electron chi connectivity index (χ1n) is 5.49. The van der Waals surface area contributed by atoms with Gasteiger partial charge in [0.2, 0.25) is 0 Å². The smallest absolute Gasteiger partial charge is 0.182 e. The number of pyridine rings is 1. The average Bonchev–Trinajstić information content (AvgIpc) is 2.24. The summed E-state index contributed by atoms with van der Waals surface area (Å²) in [7, 11) is 0. The van der Waals surface area contributed by atoms with Gasteiger partial charge < -0.3 is 0 Å². The number of Topliss-reactive ketones (excluding diaryl/α,β-unsaturated/α-hetero) is 1. The summed E-state index contributed by atoms with van der Waals surface area (Å²) in [5.41, 5.74) is 0.541. The summed E-state index contributed by atoms with van der Waals surface area (Å²) in [6, 6.07) is 1.85. The second-order valence-corrected chi connectivity index (χ2v) is 5.49. The van der Waals surface area contributed by atoms with Crippen LogP contribution in [0.4, 0.5) is 0 Å². The van der Waals surface area contributed by atoms with Gasteiger partial charge in [0.05, 0.1) is 0 Å². The fourth-order valence-corrected chi connectivity index (χ4v) is 2.66. The minimum absolute atomic E-state index is 0.121. The van der Waals surface area contributed by atoms with Crippen molar-refractivity contribution in [3.8, 4) is 0 Å². The molecule has 0 radical (unpaired) electrons.